The highest BCUT2D eigenvalue weighted by Crippen LogP contribution is 2.21. The Bertz CT molecular complexity index is 425. The van der Waals surface area contributed by atoms with E-state index in [9.17, 15) is 9.59 Å². The van der Waals surface area contributed by atoms with Crippen molar-refractivity contribution in [1.29, 1.82) is 0 Å². The van der Waals surface area contributed by atoms with E-state index in [-0.39, 0.29) is 22.9 Å². The van der Waals surface area contributed by atoms with Gasteiger partial charge in [-0.15, -0.1) is 0 Å². The lowest BCUT2D eigenvalue weighted by atomic mass is 10.00. The average Bonchev–Trinajstić information content (AvgIpc) is 2.81. The van der Waals surface area contributed by atoms with Crippen molar-refractivity contribution in [3.63, 3.8) is 0 Å². The minimum atomic E-state index is -0.378. The Kier molecular flexibility index (Phi) is 9.34. The summed E-state index contributed by atoms with van der Waals surface area (Å²) in [5.74, 6) is 0.897. The first-order valence-electron chi connectivity index (χ1n) is 8.24. The number of ether oxygens (including phenoxy) is 2. The van der Waals surface area contributed by atoms with Crippen molar-refractivity contribution in [1.82, 2.24) is 9.80 Å². The molecule has 2 fully saturated rings. The molecule has 0 aromatic heterocycles. The quantitative estimate of drug-likeness (QED) is 0.542. The number of rotatable bonds is 2. The van der Waals surface area contributed by atoms with Gasteiger partial charge in [0.25, 0.3) is 0 Å². The SMILES string of the molecule is CO[C@@H]1CCN(C(=O)Cl)CC[C@H]1C.CO[C@@H]1CN(C(=O)Cl)C[C@H]1C. The summed E-state index contributed by atoms with van der Waals surface area (Å²) in [4.78, 5) is 24.9. The lowest BCUT2D eigenvalue weighted by Crippen LogP contribution is -2.27. The largest absolute Gasteiger partial charge is 0.381 e. The molecule has 0 N–H and O–H groups in total. The zero-order valence-electron chi connectivity index (χ0n) is 14.8. The van der Waals surface area contributed by atoms with Crippen LogP contribution >= 0.6 is 23.2 Å². The molecule has 4 atom stereocenters. The highest BCUT2D eigenvalue weighted by molar-refractivity contribution is 6.63. The molecule has 0 aromatic carbocycles. The second-order valence-corrected chi connectivity index (χ2v) is 7.12. The van der Waals surface area contributed by atoms with Crippen molar-refractivity contribution in [3.8, 4) is 0 Å². The Morgan fingerprint density at radius 3 is 1.79 bits per heavy atom. The maximum atomic E-state index is 10.9. The summed E-state index contributed by atoms with van der Waals surface area (Å²) in [7, 11) is 3.38. The van der Waals surface area contributed by atoms with Crippen molar-refractivity contribution < 1.29 is 19.1 Å². The number of hydrogen-bond donors (Lipinski definition) is 0. The lowest BCUT2D eigenvalue weighted by Gasteiger charge is -2.18. The number of halogens is 2. The molecule has 2 aliphatic rings. The van der Waals surface area contributed by atoms with Gasteiger partial charge in [-0.1, -0.05) is 13.8 Å². The predicted octanol–water partition coefficient (Wildman–Crippen LogP) is 3.40. The van der Waals surface area contributed by atoms with Crippen LogP contribution in [0.2, 0.25) is 0 Å². The molecule has 0 aromatic rings. The topological polar surface area (TPSA) is 59.1 Å². The van der Waals surface area contributed by atoms with Crippen molar-refractivity contribution in [3.05, 3.63) is 0 Å². The summed E-state index contributed by atoms with van der Waals surface area (Å²) in [6.45, 7) is 7.00. The van der Waals surface area contributed by atoms with E-state index in [1.54, 1.807) is 24.0 Å². The summed E-state index contributed by atoms with van der Waals surface area (Å²) < 4.78 is 10.5. The van der Waals surface area contributed by atoms with Crippen LogP contribution in [-0.4, -0.2) is 73.1 Å². The third-order valence-electron chi connectivity index (χ3n) is 4.82. The molecule has 2 amide bonds. The van der Waals surface area contributed by atoms with Gasteiger partial charge in [0.15, 0.2) is 0 Å². The molecular weight excluding hydrogens is 355 g/mol. The molecule has 2 rings (SSSR count). The lowest BCUT2D eigenvalue weighted by molar-refractivity contribution is 0.0559. The van der Waals surface area contributed by atoms with Crippen LogP contribution in [0.15, 0.2) is 0 Å². The van der Waals surface area contributed by atoms with Gasteiger partial charge < -0.3 is 19.3 Å². The predicted molar refractivity (Wildman–Crippen MR) is 94.8 cm³/mol. The first-order chi connectivity index (χ1) is 11.3. The molecule has 6 nitrogen and oxygen atoms in total. The Morgan fingerprint density at radius 2 is 1.38 bits per heavy atom. The van der Waals surface area contributed by atoms with E-state index in [0.29, 0.717) is 31.5 Å². The number of amides is 2. The summed E-state index contributed by atoms with van der Waals surface area (Å²) in [5, 5.41) is -0.722. The second kappa shape index (κ2) is 10.4. The fraction of sp³-hybridized carbons (Fsp3) is 0.875. The van der Waals surface area contributed by atoms with Gasteiger partial charge in [-0.3, -0.25) is 9.59 Å². The van der Waals surface area contributed by atoms with Crippen LogP contribution in [0.5, 0.6) is 0 Å². The number of methoxy groups -OCH3 is 2. The van der Waals surface area contributed by atoms with Crippen LogP contribution in [0, 0.1) is 11.8 Å². The summed E-state index contributed by atoms with van der Waals surface area (Å²) >= 11 is 10.7. The number of carbonyl (C=O) groups excluding carboxylic acids is 2. The molecule has 2 saturated heterocycles. The van der Waals surface area contributed by atoms with Crippen molar-refractivity contribution in [2.24, 2.45) is 11.8 Å². The fourth-order valence-corrected chi connectivity index (χ4v) is 3.45. The first kappa shape index (κ1) is 21.5. The summed E-state index contributed by atoms with van der Waals surface area (Å²) in [5.41, 5.74) is 0. The van der Waals surface area contributed by atoms with E-state index in [0.717, 1.165) is 19.4 Å². The zero-order chi connectivity index (χ0) is 18.3. The highest BCUT2D eigenvalue weighted by atomic mass is 35.5. The van der Waals surface area contributed by atoms with Gasteiger partial charge in [0, 0.05) is 46.3 Å². The third-order valence-corrected chi connectivity index (χ3v) is 5.30. The van der Waals surface area contributed by atoms with Crippen LogP contribution in [0.4, 0.5) is 9.59 Å². The molecule has 0 radical (unpaired) electrons. The normalized spacial score (nSPS) is 30.4. The molecule has 140 valence electrons. The van der Waals surface area contributed by atoms with E-state index < -0.39 is 0 Å². The smallest absolute Gasteiger partial charge is 0.316 e. The average molecular weight is 383 g/mol. The van der Waals surface area contributed by atoms with Gasteiger partial charge in [-0.25, -0.2) is 0 Å². The number of nitrogens with zero attached hydrogens (tertiary/aromatic N) is 2. The molecule has 0 aliphatic carbocycles. The van der Waals surface area contributed by atoms with Gasteiger partial charge in [0.05, 0.1) is 12.2 Å². The van der Waals surface area contributed by atoms with Crippen molar-refractivity contribution in [2.45, 2.75) is 38.9 Å². The van der Waals surface area contributed by atoms with Crippen LogP contribution in [0.25, 0.3) is 0 Å². The number of likely N-dealkylation sites (tertiary alicyclic amines) is 2. The third kappa shape index (κ3) is 6.39. The van der Waals surface area contributed by atoms with Crippen LogP contribution < -0.4 is 0 Å². The maximum Gasteiger partial charge on any atom is 0.316 e. The second-order valence-electron chi connectivity index (χ2n) is 6.48. The molecule has 8 heteroatoms. The van der Waals surface area contributed by atoms with Gasteiger partial charge in [0.2, 0.25) is 0 Å². The fourth-order valence-electron chi connectivity index (χ4n) is 3.14. The van der Waals surface area contributed by atoms with E-state index in [2.05, 4.69) is 6.92 Å². The van der Waals surface area contributed by atoms with Crippen molar-refractivity contribution in [2.75, 3.05) is 40.4 Å². The number of hydrogen-bond acceptors (Lipinski definition) is 4. The monoisotopic (exact) mass is 382 g/mol. The molecular formula is C16H28Cl2N2O4. The van der Waals surface area contributed by atoms with Gasteiger partial charge in [-0.2, -0.15) is 0 Å². The van der Waals surface area contributed by atoms with Gasteiger partial charge in [0.1, 0.15) is 0 Å². The highest BCUT2D eigenvalue weighted by Gasteiger charge is 2.31. The zero-order valence-corrected chi connectivity index (χ0v) is 16.3. The molecule has 24 heavy (non-hydrogen) atoms. The first-order valence-corrected chi connectivity index (χ1v) is 9.00. The van der Waals surface area contributed by atoms with Crippen LogP contribution in [0.1, 0.15) is 26.7 Å². The Morgan fingerprint density at radius 1 is 0.833 bits per heavy atom. The Labute approximate surface area is 154 Å². The Balaban J connectivity index is 0.000000243. The Hall–Kier alpha value is -0.560. The van der Waals surface area contributed by atoms with Gasteiger partial charge >= 0.3 is 10.7 Å². The van der Waals surface area contributed by atoms with Crippen LogP contribution in [0.3, 0.4) is 0 Å². The van der Waals surface area contributed by atoms with Gasteiger partial charge in [-0.05, 0) is 42.0 Å². The molecule has 0 bridgehead atoms. The molecule has 2 aliphatic heterocycles. The van der Waals surface area contributed by atoms with Crippen molar-refractivity contribution >= 4 is 33.9 Å². The summed E-state index contributed by atoms with van der Waals surface area (Å²) in [6.07, 6.45) is 2.27. The minimum absolute atomic E-state index is 0.151. The molecule has 0 saturated carbocycles. The van der Waals surface area contributed by atoms with E-state index in [1.807, 2.05) is 6.92 Å². The van der Waals surface area contributed by atoms with E-state index in [1.165, 1.54) is 0 Å². The molecule has 2 heterocycles. The number of carbonyl (C=O) groups is 2. The molecule has 0 spiro atoms. The van der Waals surface area contributed by atoms with E-state index in [4.69, 9.17) is 32.7 Å². The van der Waals surface area contributed by atoms with Crippen LogP contribution in [-0.2, 0) is 9.47 Å². The maximum absolute atomic E-state index is 10.9. The van der Waals surface area contributed by atoms with E-state index >= 15 is 0 Å². The minimum Gasteiger partial charge on any atom is -0.381 e. The summed E-state index contributed by atoms with van der Waals surface area (Å²) in [6, 6.07) is 0. The standard InChI is InChI=1S/C9H16ClNO2.C7H12ClNO2/c1-7-3-5-11(9(10)12)6-4-8(7)13-2;1-5-3-9(7(8)10)4-6(5)11-2/h7-8H,3-6H2,1-2H3;5-6H,3-4H2,1-2H3/t7-,8-;5-,6-/m11/s1. The molecule has 0 unspecified atom stereocenters.